The van der Waals surface area contributed by atoms with Gasteiger partial charge in [-0.25, -0.2) is 4.39 Å². The first-order chi connectivity index (χ1) is 9.68. The van der Waals surface area contributed by atoms with E-state index >= 15 is 0 Å². The normalized spacial score (nSPS) is 12.6. The van der Waals surface area contributed by atoms with Crippen LogP contribution in [0.2, 0.25) is 0 Å². The molecular formula is C16H11BrFNO. The lowest BCUT2D eigenvalue weighted by Crippen LogP contribution is -2.04. The molecule has 100 valence electrons. The predicted molar refractivity (Wildman–Crippen MR) is 79.9 cm³/mol. The van der Waals surface area contributed by atoms with Gasteiger partial charge < -0.3 is 5.11 Å². The number of aromatic nitrogens is 1. The molecule has 3 rings (SSSR count). The van der Waals surface area contributed by atoms with E-state index in [0.29, 0.717) is 10.0 Å². The van der Waals surface area contributed by atoms with E-state index in [-0.39, 0.29) is 5.56 Å². The van der Waals surface area contributed by atoms with Crippen LogP contribution in [0.3, 0.4) is 0 Å². The van der Waals surface area contributed by atoms with Crippen molar-refractivity contribution in [3.63, 3.8) is 0 Å². The summed E-state index contributed by atoms with van der Waals surface area (Å²) >= 11 is 3.14. The molecule has 0 aliphatic rings. The van der Waals surface area contributed by atoms with Crippen LogP contribution in [-0.4, -0.2) is 10.1 Å². The van der Waals surface area contributed by atoms with Gasteiger partial charge in [0.25, 0.3) is 0 Å². The first-order valence-corrected chi connectivity index (χ1v) is 6.93. The zero-order chi connectivity index (χ0) is 14.1. The lowest BCUT2D eigenvalue weighted by molar-refractivity contribution is 0.216. The van der Waals surface area contributed by atoms with Crippen LogP contribution in [0, 0.1) is 5.82 Å². The minimum absolute atomic E-state index is 0.246. The summed E-state index contributed by atoms with van der Waals surface area (Å²) < 4.78 is 14.5. The first kappa shape index (κ1) is 13.2. The van der Waals surface area contributed by atoms with Crippen LogP contribution in [0.1, 0.15) is 17.2 Å². The highest BCUT2D eigenvalue weighted by Crippen LogP contribution is 2.31. The highest BCUT2D eigenvalue weighted by Gasteiger charge is 2.18. The number of aliphatic hydroxyl groups is 1. The van der Waals surface area contributed by atoms with Crippen LogP contribution in [0.5, 0.6) is 0 Å². The number of hydrogen-bond acceptors (Lipinski definition) is 2. The van der Waals surface area contributed by atoms with Crippen molar-refractivity contribution in [1.29, 1.82) is 0 Å². The molecule has 0 amide bonds. The molecule has 0 aliphatic heterocycles. The summed E-state index contributed by atoms with van der Waals surface area (Å²) in [5.41, 5.74) is 1.67. The molecular weight excluding hydrogens is 321 g/mol. The molecule has 1 aromatic heterocycles. The summed E-state index contributed by atoms with van der Waals surface area (Å²) in [6.07, 6.45) is 0.665. The number of aliphatic hydroxyl groups excluding tert-OH is 1. The van der Waals surface area contributed by atoms with E-state index in [1.165, 1.54) is 0 Å². The van der Waals surface area contributed by atoms with Crippen LogP contribution in [0.15, 0.2) is 59.2 Å². The monoisotopic (exact) mass is 331 g/mol. The van der Waals surface area contributed by atoms with Crippen LogP contribution in [-0.2, 0) is 0 Å². The fraction of sp³-hybridized carbons (Fsp3) is 0.0625. The molecule has 0 spiro atoms. The molecule has 1 N–H and O–H groups in total. The fourth-order valence-corrected chi connectivity index (χ4v) is 2.65. The predicted octanol–water partition coefficient (Wildman–Crippen LogP) is 4.22. The quantitative estimate of drug-likeness (QED) is 0.762. The van der Waals surface area contributed by atoms with Crippen LogP contribution >= 0.6 is 15.9 Å². The number of hydrogen-bond donors (Lipinski definition) is 1. The molecule has 2 aromatic carbocycles. The Hall–Kier alpha value is -1.78. The van der Waals surface area contributed by atoms with Crippen molar-refractivity contribution in [3.05, 3.63) is 76.1 Å². The Morgan fingerprint density at radius 2 is 1.75 bits per heavy atom. The molecule has 0 fully saturated rings. The second-order valence-electron chi connectivity index (χ2n) is 4.46. The highest BCUT2D eigenvalue weighted by atomic mass is 79.9. The summed E-state index contributed by atoms with van der Waals surface area (Å²) in [4.78, 5) is 4.24. The van der Waals surface area contributed by atoms with Crippen LogP contribution in [0.4, 0.5) is 4.39 Å². The van der Waals surface area contributed by atoms with Crippen LogP contribution < -0.4 is 0 Å². The lowest BCUT2D eigenvalue weighted by atomic mass is 9.97. The number of pyridine rings is 1. The third-order valence-electron chi connectivity index (χ3n) is 3.25. The SMILES string of the molecule is OC(c1cccc(Br)c1F)c1cccc2ncccc12. The maximum atomic E-state index is 14.1. The van der Waals surface area contributed by atoms with Crippen molar-refractivity contribution in [2.75, 3.05) is 0 Å². The van der Waals surface area contributed by atoms with Crippen LogP contribution in [0.25, 0.3) is 10.9 Å². The Morgan fingerprint density at radius 3 is 2.60 bits per heavy atom. The van der Waals surface area contributed by atoms with Crippen molar-refractivity contribution >= 4 is 26.8 Å². The van der Waals surface area contributed by atoms with Gasteiger partial charge in [-0.3, -0.25) is 4.98 Å². The summed E-state index contributed by atoms with van der Waals surface area (Å²) in [7, 11) is 0. The van der Waals surface area contributed by atoms with Crippen molar-refractivity contribution in [3.8, 4) is 0 Å². The third-order valence-corrected chi connectivity index (χ3v) is 3.86. The lowest BCUT2D eigenvalue weighted by Gasteiger charge is -2.15. The van der Waals surface area contributed by atoms with E-state index in [0.717, 1.165) is 10.9 Å². The number of nitrogens with zero attached hydrogens (tertiary/aromatic N) is 1. The van der Waals surface area contributed by atoms with E-state index in [1.54, 1.807) is 36.5 Å². The number of fused-ring (bicyclic) bond motifs is 1. The molecule has 0 radical (unpaired) electrons. The van der Waals surface area contributed by atoms with Gasteiger partial charge in [0.2, 0.25) is 0 Å². The zero-order valence-corrected chi connectivity index (χ0v) is 12.0. The van der Waals surface area contributed by atoms with E-state index in [1.807, 2.05) is 18.2 Å². The van der Waals surface area contributed by atoms with Gasteiger partial charge in [-0.15, -0.1) is 0 Å². The van der Waals surface area contributed by atoms with E-state index < -0.39 is 11.9 Å². The van der Waals surface area contributed by atoms with Crippen molar-refractivity contribution in [2.24, 2.45) is 0 Å². The Kier molecular flexibility index (Phi) is 3.51. The first-order valence-electron chi connectivity index (χ1n) is 6.14. The largest absolute Gasteiger partial charge is 0.384 e. The molecule has 0 saturated heterocycles. The van der Waals surface area contributed by atoms with Gasteiger partial charge in [0.1, 0.15) is 11.9 Å². The topological polar surface area (TPSA) is 33.1 Å². The maximum Gasteiger partial charge on any atom is 0.143 e. The molecule has 2 nitrogen and oxygen atoms in total. The van der Waals surface area contributed by atoms with Gasteiger partial charge >= 0.3 is 0 Å². The molecule has 4 heteroatoms. The summed E-state index contributed by atoms with van der Waals surface area (Å²) in [5.74, 6) is -0.444. The second kappa shape index (κ2) is 5.31. The Balaban J connectivity index is 2.18. The fourth-order valence-electron chi connectivity index (χ4n) is 2.26. The zero-order valence-electron chi connectivity index (χ0n) is 10.4. The van der Waals surface area contributed by atoms with Gasteiger partial charge in [0, 0.05) is 17.1 Å². The smallest absolute Gasteiger partial charge is 0.143 e. The standard InChI is InChI=1S/C16H11BrFNO/c17-13-7-1-5-12(15(13)18)16(20)11-4-2-8-14-10(11)6-3-9-19-14/h1-9,16,20H. The van der Waals surface area contributed by atoms with Crippen molar-refractivity contribution in [1.82, 2.24) is 4.98 Å². The van der Waals surface area contributed by atoms with E-state index in [4.69, 9.17) is 0 Å². The van der Waals surface area contributed by atoms with Gasteiger partial charge in [-0.1, -0.05) is 30.3 Å². The molecule has 0 aliphatic carbocycles. The van der Waals surface area contributed by atoms with Crippen molar-refractivity contribution < 1.29 is 9.50 Å². The number of rotatable bonds is 2. The maximum absolute atomic E-state index is 14.1. The molecule has 0 bridgehead atoms. The average Bonchev–Trinajstić information content (AvgIpc) is 2.49. The summed E-state index contributed by atoms with van der Waals surface area (Å²) in [6.45, 7) is 0. The molecule has 1 atom stereocenters. The van der Waals surface area contributed by atoms with Gasteiger partial charge in [-0.05, 0) is 39.7 Å². The average molecular weight is 332 g/mol. The Morgan fingerprint density at radius 1 is 1.00 bits per heavy atom. The minimum Gasteiger partial charge on any atom is -0.384 e. The van der Waals surface area contributed by atoms with Gasteiger partial charge in [0.05, 0.1) is 9.99 Å². The number of halogens is 2. The summed E-state index contributed by atoms with van der Waals surface area (Å²) in [5, 5.41) is 11.3. The van der Waals surface area contributed by atoms with Crippen molar-refractivity contribution in [2.45, 2.75) is 6.10 Å². The molecule has 1 heterocycles. The highest BCUT2D eigenvalue weighted by molar-refractivity contribution is 9.10. The Labute approximate surface area is 124 Å². The van der Waals surface area contributed by atoms with E-state index in [9.17, 15) is 9.50 Å². The molecule has 20 heavy (non-hydrogen) atoms. The van der Waals surface area contributed by atoms with Gasteiger partial charge in [0.15, 0.2) is 0 Å². The summed E-state index contributed by atoms with van der Waals surface area (Å²) in [6, 6.07) is 14.0. The molecule has 0 saturated carbocycles. The molecule has 1 unspecified atom stereocenters. The number of benzene rings is 2. The Bertz CT molecular complexity index is 770. The van der Waals surface area contributed by atoms with E-state index in [2.05, 4.69) is 20.9 Å². The van der Waals surface area contributed by atoms with Gasteiger partial charge in [-0.2, -0.15) is 0 Å². The minimum atomic E-state index is -1.03. The third kappa shape index (κ3) is 2.21. The molecule has 3 aromatic rings. The second-order valence-corrected chi connectivity index (χ2v) is 5.32.